The molecular formula is C22H24ClN3O2. The smallest absolute Gasteiger partial charge is 0.253 e. The molecule has 2 fully saturated rings. The van der Waals surface area contributed by atoms with Crippen molar-refractivity contribution in [3.8, 4) is 0 Å². The molecule has 6 heteroatoms. The molecule has 146 valence electrons. The number of anilines is 1. The van der Waals surface area contributed by atoms with Crippen molar-refractivity contribution in [2.24, 2.45) is 0 Å². The van der Waals surface area contributed by atoms with Gasteiger partial charge in [-0.05, 0) is 48.4 Å². The average Bonchev–Trinajstić information content (AvgIpc) is 3.14. The van der Waals surface area contributed by atoms with Crippen molar-refractivity contribution in [1.29, 1.82) is 0 Å². The standard InChI is InChI=1S/C22H24ClN3O2/c23-19-4-1-3-17(15-19)16-24-11-13-25(14-12-24)22(28)18-6-8-20(9-7-18)26-10-2-5-21(26)27/h1,3-4,6-9,15H,2,5,10-14,16H2. The van der Waals surface area contributed by atoms with Gasteiger partial charge >= 0.3 is 0 Å². The summed E-state index contributed by atoms with van der Waals surface area (Å²) in [6, 6.07) is 15.4. The summed E-state index contributed by atoms with van der Waals surface area (Å²) < 4.78 is 0. The fraction of sp³-hybridized carbons (Fsp3) is 0.364. The second-order valence-electron chi connectivity index (χ2n) is 7.39. The third-order valence-electron chi connectivity index (χ3n) is 5.45. The van der Waals surface area contributed by atoms with Gasteiger partial charge in [-0.1, -0.05) is 23.7 Å². The number of hydrogen-bond donors (Lipinski definition) is 0. The van der Waals surface area contributed by atoms with Crippen molar-refractivity contribution in [3.63, 3.8) is 0 Å². The Kier molecular flexibility index (Phi) is 5.64. The van der Waals surface area contributed by atoms with Crippen molar-refractivity contribution in [2.45, 2.75) is 19.4 Å². The molecule has 2 heterocycles. The summed E-state index contributed by atoms with van der Waals surface area (Å²) in [5, 5.41) is 0.755. The van der Waals surface area contributed by atoms with Crippen LogP contribution in [0, 0.1) is 0 Å². The highest BCUT2D eigenvalue weighted by molar-refractivity contribution is 6.30. The van der Waals surface area contributed by atoms with E-state index in [1.165, 1.54) is 5.56 Å². The van der Waals surface area contributed by atoms with E-state index in [1.807, 2.05) is 47.4 Å². The molecule has 2 aromatic carbocycles. The highest BCUT2D eigenvalue weighted by Gasteiger charge is 2.24. The lowest BCUT2D eigenvalue weighted by molar-refractivity contribution is -0.117. The van der Waals surface area contributed by atoms with Crippen LogP contribution < -0.4 is 4.90 Å². The molecule has 0 unspecified atom stereocenters. The topological polar surface area (TPSA) is 43.9 Å². The van der Waals surface area contributed by atoms with Crippen LogP contribution in [-0.2, 0) is 11.3 Å². The van der Waals surface area contributed by atoms with Crippen molar-refractivity contribution in [2.75, 3.05) is 37.6 Å². The number of halogens is 1. The highest BCUT2D eigenvalue weighted by Crippen LogP contribution is 2.22. The number of piperazine rings is 1. The molecular weight excluding hydrogens is 374 g/mol. The molecule has 0 N–H and O–H groups in total. The SMILES string of the molecule is O=C(c1ccc(N2CCCC2=O)cc1)N1CCN(Cc2cccc(Cl)c2)CC1. The Morgan fingerprint density at radius 3 is 2.36 bits per heavy atom. The van der Waals surface area contributed by atoms with E-state index in [0.717, 1.165) is 43.3 Å². The Morgan fingerprint density at radius 1 is 0.964 bits per heavy atom. The highest BCUT2D eigenvalue weighted by atomic mass is 35.5. The number of carbonyl (C=O) groups excluding carboxylic acids is 2. The maximum absolute atomic E-state index is 12.8. The Labute approximate surface area is 170 Å². The number of benzene rings is 2. The Bertz CT molecular complexity index is 860. The van der Waals surface area contributed by atoms with E-state index in [-0.39, 0.29) is 11.8 Å². The molecule has 0 radical (unpaired) electrons. The molecule has 0 bridgehead atoms. The van der Waals surface area contributed by atoms with Gasteiger partial charge in [0.05, 0.1) is 0 Å². The predicted octanol–water partition coefficient (Wildman–Crippen LogP) is 3.42. The molecule has 2 amide bonds. The van der Waals surface area contributed by atoms with Gasteiger partial charge in [0, 0.05) is 62.0 Å². The van der Waals surface area contributed by atoms with E-state index in [2.05, 4.69) is 11.0 Å². The minimum atomic E-state index is 0.0571. The zero-order chi connectivity index (χ0) is 19.5. The maximum atomic E-state index is 12.8. The van der Waals surface area contributed by atoms with Crippen LogP contribution >= 0.6 is 11.6 Å². The lowest BCUT2D eigenvalue weighted by Gasteiger charge is -2.35. The molecule has 28 heavy (non-hydrogen) atoms. The zero-order valence-corrected chi connectivity index (χ0v) is 16.6. The second kappa shape index (κ2) is 8.33. The number of hydrogen-bond acceptors (Lipinski definition) is 3. The minimum Gasteiger partial charge on any atom is -0.336 e. The van der Waals surface area contributed by atoms with E-state index in [9.17, 15) is 9.59 Å². The van der Waals surface area contributed by atoms with Gasteiger partial charge < -0.3 is 9.80 Å². The summed E-state index contributed by atoms with van der Waals surface area (Å²) in [7, 11) is 0. The number of amides is 2. The van der Waals surface area contributed by atoms with Gasteiger partial charge in [-0.25, -0.2) is 0 Å². The van der Waals surface area contributed by atoms with Crippen molar-refractivity contribution in [1.82, 2.24) is 9.80 Å². The molecule has 2 aliphatic heterocycles. The van der Waals surface area contributed by atoms with Crippen molar-refractivity contribution >= 4 is 29.1 Å². The van der Waals surface area contributed by atoms with Gasteiger partial charge in [0.2, 0.25) is 5.91 Å². The van der Waals surface area contributed by atoms with Gasteiger partial charge in [-0.3, -0.25) is 14.5 Å². The molecule has 0 saturated carbocycles. The summed E-state index contributed by atoms with van der Waals surface area (Å²) in [6.45, 7) is 4.73. The van der Waals surface area contributed by atoms with Crippen LogP contribution in [0.25, 0.3) is 0 Å². The molecule has 0 aromatic heterocycles. The molecule has 5 nitrogen and oxygen atoms in total. The quantitative estimate of drug-likeness (QED) is 0.794. The van der Waals surface area contributed by atoms with E-state index < -0.39 is 0 Å². The van der Waals surface area contributed by atoms with Crippen LogP contribution in [0.5, 0.6) is 0 Å². The fourth-order valence-electron chi connectivity index (χ4n) is 3.89. The first-order valence-electron chi connectivity index (χ1n) is 9.77. The lowest BCUT2D eigenvalue weighted by atomic mass is 10.1. The fourth-order valence-corrected chi connectivity index (χ4v) is 4.10. The lowest BCUT2D eigenvalue weighted by Crippen LogP contribution is -2.48. The maximum Gasteiger partial charge on any atom is 0.253 e. The molecule has 0 spiro atoms. The molecule has 4 rings (SSSR count). The third kappa shape index (κ3) is 4.21. The Morgan fingerprint density at radius 2 is 1.71 bits per heavy atom. The number of rotatable bonds is 4. The van der Waals surface area contributed by atoms with Crippen LogP contribution in [0.4, 0.5) is 5.69 Å². The van der Waals surface area contributed by atoms with Gasteiger partial charge in [-0.15, -0.1) is 0 Å². The minimum absolute atomic E-state index is 0.0571. The Balaban J connectivity index is 1.33. The number of carbonyl (C=O) groups is 2. The summed E-state index contributed by atoms with van der Waals surface area (Å²) in [5.74, 6) is 0.219. The van der Waals surface area contributed by atoms with E-state index in [4.69, 9.17) is 11.6 Å². The monoisotopic (exact) mass is 397 g/mol. The molecule has 2 saturated heterocycles. The van der Waals surface area contributed by atoms with Crippen molar-refractivity contribution in [3.05, 3.63) is 64.7 Å². The number of nitrogens with zero attached hydrogens (tertiary/aromatic N) is 3. The van der Waals surface area contributed by atoms with Gasteiger partial charge in [-0.2, -0.15) is 0 Å². The van der Waals surface area contributed by atoms with Crippen LogP contribution in [0.2, 0.25) is 5.02 Å². The molecule has 0 aliphatic carbocycles. The summed E-state index contributed by atoms with van der Waals surface area (Å²) in [4.78, 5) is 30.7. The Hall–Kier alpha value is -2.37. The predicted molar refractivity (Wildman–Crippen MR) is 111 cm³/mol. The van der Waals surface area contributed by atoms with E-state index in [1.54, 1.807) is 4.90 Å². The van der Waals surface area contributed by atoms with Gasteiger partial charge in [0.1, 0.15) is 0 Å². The van der Waals surface area contributed by atoms with Gasteiger partial charge in [0.25, 0.3) is 5.91 Å². The molecule has 2 aromatic rings. The average molecular weight is 398 g/mol. The largest absolute Gasteiger partial charge is 0.336 e. The van der Waals surface area contributed by atoms with Crippen LogP contribution in [0.1, 0.15) is 28.8 Å². The first-order valence-corrected chi connectivity index (χ1v) is 10.1. The first kappa shape index (κ1) is 19.0. The third-order valence-corrected chi connectivity index (χ3v) is 5.69. The normalized spacial score (nSPS) is 18.0. The second-order valence-corrected chi connectivity index (χ2v) is 7.83. The van der Waals surface area contributed by atoms with Crippen LogP contribution in [-0.4, -0.2) is 54.3 Å². The summed E-state index contributed by atoms with van der Waals surface area (Å²) in [5.41, 5.74) is 2.75. The first-order chi connectivity index (χ1) is 13.6. The molecule has 0 atom stereocenters. The summed E-state index contributed by atoms with van der Waals surface area (Å²) >= 11 is 6.06. The van der Waals surface area contributed by atoms with Crippen LogP contribution in [0.3, 0.4) is 0 Å². The summed E-state index contributed by atoms with van der Waals surface area (Å²) in [6.07, 6.45) is 1.51. The molecule has 2 aliphatic rings. The van der Waals surface area contributed by atoms with E-state index >= 15 is 0 Å². The van der Waals surface area contributed by atoms with Crippen molar-refractivity contribution < 1.29 is 9.59 Å². The van der Waals surface area contributed by atoms with E-state index in [0.29, 0.717) is 25.1 Å². The van der Waals surface area contributed by atoms with Gasteiger partial charge in [0.15, 0.2) is 0 Å². The van der Waals surface area contributed by atoms with Crippen LogP contribution in [0.15, 0.2) is 48.5 Å². The zero-order valence-electron chi connectivity index (χ0n) is 15.8.